The molecule has 1 aromatic rings. The molecule has 0 heterocycles. The van der Waals surface area contributed by atoms with Crippen molar-refractivity contribution < 1.29 is 14.3 Å². The molecule has 0 unspecified atom stereocenters. The van der Waals surface area contributed by atoms with E-state index in [-0.39, 0.29) is 11.8 Å². The summed E-state index contributed by atoms with van der Waals surface area (Å²) in [7, 11) is 0. The first kappa shape index (κ1) is 16.3. The largest absolute Gasteiger partial charge is 0.444 e. The van der Waals surface area contributed by atoms with Gasteiger partial charge in [-0.05, 0) is 50.8 Å². The highest BCUT2D eigenvalue weighted by molar-refractivity contribution is 5.94. The predicted octanol–water partition coefficient (Wildman–Crippen LogP) is 3.31. The van der Waals surface area contributed by atoms with Gasteiger partial charge in [-0.25, -0.2) is 4.79 Å². The van der Waals surface area contributed by atoms with E-state index in [1.807, 2.05) is 45.0 Å². The van der Waals surface area contributed by atoms with E-state index in [0.717, 1.165) is 17.7 Å². The Bertz CT molecular complexity index is 546. The molecule has 0 aromatic heterocycles. The maximum atomic E-state index is 11.8. The molecular formula is C17H24N2O3. The van der Waals surface area contributed by atoms with Crippen LogP contribution in [0.5, 0.6) is 0 Å². The van der Waals surface area contributed by atoms with E-state index in [2.05, 4.69) is 17.6 Å². The second-order valence-electron chi connectivity index (χ2n) is 6.86. The lowest BCUT2D eigenvalue weighted by Gasteiger charge is -2.19. The molecule has 2 N–H and O–H groups in total. The van der Waals surface area contributed by atoms with Crippen molar-refractivity contribution in [3.63, 3.8) is 0 Å². The standard InChI is InChI=1S/C17H24N2O3/c1-11-9-14(11)15(20)19-13-7-5-12(6-8-13)10-18-16(21)22-17(2,3)4/h5-8,11,14H,9-10H2,1-4H3,(H,18,21)(H,19,20)/t11-,14-/m1/s1. The first-order valence-corrected chi connectivity index (χ1v) is 7.61. The Morgan fingerprint density at radius 2 is 1.82 bits per heavy atom. The first-order valence-electron chi connectivity index (χ1n) is 7.61. The highest BCUT2D eigenvalue weighted by Gasteiger charge is 2.38. The smallest absolute Gasteiger partial charge is 0.407 e. The van der Waals surface area contributed by atoms with Crippen molar-refractivity contribution in [1.29, 1.82) is 0 Å². The van der Waals surface area contributed by atoms with Crippen LogP contribution in [0, 0.1) is 11.8 Å². The maximum absolute atomic E-state index is 11.8. The molecule has 1 aliphatic rings. The molecule has 0 saturated heterocycles. The third-order valence-electron chi connectivity index (χ3n) is 3.50. The zero-order valence-electron chi connectivity index (χ0n) is 13.6. The summed E-state index contributed by atoms with van der Waals surface area (Å²) in [6, 6.07) is 7.45. The van der Waals surface area contributed by atoms with Crippen LogP contribution in [0.2, 0.25) is 0 Å². The lowest BCUT2D eigenvalue weighted by atomic mass is 10.2. The van der Waals surface area contributed by atoms with Crippen LogP contribution in [0.4, 0.5) is 10.5 Å². The van der Waals surface area contributed by atoms with Gasteiger partial charge in [-0.3, -0.25) is 4.79 Å². The summed E-state index contributed by atoms with van der Waals surface area (Å²) in [5, 5.41) is 5.61. The summed E-state index contributed by atoms with van der Waals surface area (Å²) in [4.78, 5) is 23.4. The number of carbonyl (C=O) groups excluding carboxylic acids is 2. The van der Waals surface area contributed by atoms with Crippen molar-refractivity contribution in [2.45, 2.75) is 46.3 Å². The normalized spacial score (nSPS) is 20.2. The second kappa shape index (κ2) is 6.38. The van der Waals surface area contributed by atoms with Crippen LogP contribution >= 0.6 is 0 Å². The molecule has 2 amide bonds. The van der Waals surface area contributed by atoms with Crippen LogP contribution in [0.15, 0.2) is 24.3 Å². The molecule has 0 bridgehead atoms. The van der Waals surface area contributed by atoms with Crippen molar-refractivity contribution in [3.05, 3.63) is 29.8 Å². The van der Waals surface area contributed by atoms with Crippen molar-refractivity contribution in [1.82, 2.24) is 5.32 Å². The van der Waals surface area contributed by atoms with E-state index in [9.17, 15) is 9.59 Å². The van der Waals surface area contributed by atoms with E-state index in [4.69, 9.17) is 4.74 Å². The van der Waals surface area contributed by atoms with E-state index in [0.29, 0.717) is 12.5 Å². The number of carbonyl (C=O) groups is 2. The molecule has 5 heteroatoms. The summed E-state index contributed by atoms with van der Waals surface area (Å²) < 4.78 is 5.17. The fraction of sp³-hybridized carbons (Fsp3) is 0.529. The molecule has 0 radical (unpaired) electrons. The number of hydrogen-bond acceptors (Lipinski definition) is 3. The highest BCUT2D eigenvalue weighted by Crippen LogP contribution is 2.38. The van der Waals surface area contributed by atoms with Crippen LogP contribution in [0.3, 0.4) is 0 Å². The SMILES string of the molecule is C[C@@H]1C[C@H]1C(=O)Nc1ccc(CNC(=O)OC(C)(C)C)cc1. The zero-order chi connectivity index (χ0) is 16.3. The Hall–Kier alpha value is -2.04. The Morgan fingerprint density at radius 3 is 2.32 bits per heavy atom. The highest BCUT2D eigenvalue weighted by atomic mass is 16.6. The topological polar surface area (TPSA) is 67.4 Å². The Kier molecular flexibility index (Phi) is 4.74. The van der Waals surface area contributed by atoms with E-state index in [1.54, 1.807) is 0 Å². The van der Waals surface area contributed by atoms with Gasteiger partial charge >= 0.3 is 6.09 Å². The van der Waals surface area contributed by atoms with Gasteiger partial charge in [-0.2, -0.15) is 0 Å². The van der Waals surface area contributed by atoms with Gasteiger partial charge in [-0.15, -0.1) is 0 Å². The summed E-state index contributed by atoms with van der Waals surface area (Å²) in [6.45, 7) is 7.94. The number of anilines is 1. The number of benzene rings is 1. The molecule has 2 atom stereocenters. The van der Waals surface area contributed by atoms with Crippen LogP contribution in [-0.2, 0) is 16.1 Å². The van der Waals surface area contributed by atoms with Crippen molar-refractivity contribution in [2.75, 3.05) is 5.32 Å². The number of amides is 2. The van der Waals surface area contributed by atoms with Gasteiger partial charge in [0.15, 0.2) is 0 Å². The van der Waals surface area contributed by atoms with E-state index >= 15 is 0 Å². The molecule has 0 aliphatic heterocycles. The molecule has 22 heavy (non-hydrogen) atoms. The van der Waals surface area contributed by atoms with Crippen molar-refractivity contribution >= 4 is 17.7 Å². The average Bonchev–Trinajstić information content (AvgIpc) is 3.13. The molecule has 0 spiro atoms. The first-order chi connectivity index (χ1) is 10.2. The fourth-order valence-corrected chi connectivity index (χ4v) is 2.12. The Labute approximate surface area is 131 Å². The second-order valence-corrected chi connectivity index (χ2v) is 6.86. The van der Waals surface area contributed by atoms with Gasteiger partial charge in [0.2, 0.25) is 5.91 Å². The van der Waals surface area contributed by atoms with Gasteiger partial charge in [-0.1, -0.05) is 19.1 Å². The molecular weight excluding hydrogens is 280 g/mol. The van der Waals surface area contributed by atoms with Crippen LogP contribution in [-0.4, -0.2) is 17.6 Å². The van der Waals surface area contributed by atoms with Gasteiger partial charge in [0.1, 0.15) is 5.60 Å². The van der Waals surface area contributed by atoms with Crippen molar-refractivity contribution in [2.24, 2.45) is 11.8 Å². The number of nitrogens with one attached hydrogen (secondary N) is 2. The molecule has 120 valence electrons. The van der Waals surface area contributed by atoms with Crippen LogP contribution in [0.1, 0.15) is 39.7 Å². The van der Waals surface area contributed by atoms with Gasteiger partial charge in [0, 0.05) is 18.2 Å². The van der Waals surface area contributed by atoms with Crippen LogP contribution < -0.4 is 10.6 Å². The minimum atomic E-state index is -0.502. The summed E-state index contributed by atoms with van der Waals surface area (Å²) in [5.74, 6) is 0.748. The van der Waals surface area contributed by atoms with Crippen LogP contribution in [0.25, 0.3) is 0 Å². The number of ether oxygens (including phenoxy) is 1. The summed E-state index contributed by atoms with van der Waals surface area (Å²) >= 11 is 0. The quantitative estimate of drug-likeness (QED) is 0.896. The predicted molar refractivity (Wildman–Crippen MR) is 85.4 cm³/mol. The summed E-state index contributed by atoms with van der Waals surface area (Å²) in [5.41, 5.74) is 1.23. The molecule has 2 rings (SSSR count). The minimum absolute atomic E-state index is 0.0899. The van der Waals surface area contributed by atoms with Gasteiger partial charge < -0.3 is 15.4 Å². The third kappa shape index (κ3) is 5.06. The lowest BCUT2D eigenvalue weighted by Crippen LogP contribution is -2.32. The molecule has 1 saturated carbocycles. The van der Waals surface area contributed by atoms with Crippen molar-refractivity contribution in [3.8, 4) is 0 Å². The number of alkyl carbamates (subject to hydrolysis) is 1. The van der Waals surface area contributed by atoms with E-state index in [1.165, 1.54) is 0 Å². The molecule has 1 fully saturated rings. The monoisotopic (exact) mass is 304 g/mol. The van der Waals surface area contributed by atoms with E-state index < -0.39 is 11.7 Å². The van der Waals surface area contributed by atoms with Gasteiger partial charge in [0.05, 0.1) is 0 Å². The third-order valence-corrected chi connectivity index (χ3v) is 3.50. The Balaban J connectivity index is 1.79. The lowest BCUT2D eigenvalue weighted by molar-refractivity contribution is -0.117. The average molecular weight is 304 g/mol. The molecule has 1 aliphatic carbocycles. The maximum Gasteiger partial charge on any atom is 0.407 e. The summed E-state index contributed by atoms with van der Waals surface area (Å²) in [6.07, 6.45) is 0.539. The molecule has 1 aromatic carbocycles. The number of rotatable bonds is 4. The molecule has 5 nitrogen and oxygen atoms in total. The number of hydrogen-bond donors (Lipinski definition) is 2. The zero-order valence-corrected chi connectivity index (χ0v) is 13.6. The minimum Gasteiger partial charge on any atom is -0.444 e. The fourth-order valence-electron chi connectivity index (χ4n) is 2.12. The van der Waals surface area contributed by atoms with Gasteiger partial charge in [0.25, 0.3) is 0 Å². The Morgan fingerprint density at radius 1 is 1.23 bits per heavy atom.